The van der Waals surface area contributed by atoms with Crippen LogP contribution in [-0.4, -0.2) is 40.4 Å². The summed E-state index contributed by atoms with van der Waals surface area (Å²) in [6.45, 7) is 6.59. The van der Waals surface area contributed by atoms with Gasteiger partial charge in [-0.3, -0.25) is 4.79 Å². The summed E-state index contributed by atoms with van der Waals surface area (Å²) in [5.74, 6) is -0.192. The number of ether oxygens (including phenoxy) is 1. The maximum atomic E-state index is 12.7. The molecule has 4 fully saturated rings. The molecule has 4 nitrogen and oxygen atoms in total. The van der Waals surface area contributed by atoms with Crippen molar-refractivity contribution in [2.24, 2.45) is 28.6 Å². The van der Waals surface area contributed by atoms with Gasteiger partial charge < -0.3 is 14.9 Å². The van der Waals surface area contributed by atoms with Crippen LogP contribution in [0.2, 0.25) is 0 Å². The van der Waals surface area contributed by atoms with E-state index < -0.39 is 17.8 Å². The number of carbonyl (C=O) groups excluding carboxylic acids is 1. The van der Waals surface area contributed by atoms with Gasteiger partial charge >= 0.3 is 0 Å². The van der Waals surface area contributed by atoms with Crippen molar-refractivity contribution in [2.45, 2.75) is 51.4 Å². The lowest BCUT2D eigenvalue weighted by atomic mass is 9.41. The minimum atomic E-state index is -0.741. The highest BCUT2D eigenvalue weighted by Gasteiger charge is 2.81. The fraction of sp³-hybridized carbons (Fsp3) is 0.933. The van der Waals surface area contributed by atoms with E-state index in [2.05, 4.69) is 6.92 Å². The summed E-state index contributed by atoms with van der Waals surface area (Å²) in [4.78, 5) is 12.7. The lowest BCUT2D eigenvalue weighted by Gasteiger charge is -2.66. The third-order valence-electron chi connectivity index (χ3n) is 6.90. The second-order valence-corrected chi connectivity index (χ2v) is 7.80. The molecule has 19 heavy (non-hydrogen) atoms. The SMILES string of the molecule is CC1C(=O)C2CC3(C)COC2(C3O)C2(C)CC(O)C12. The Hall–Kier alpha value is -0.450. The summed E-state index contributed by atoms with van der Waals surface area (Å²) >= 11 is 0. The Bertz CT molecular complexity index is 477. The number of carbonyl (C=O) groups is 1. The van der Waals surface area contributed by atoms with Crippen LogP contribution >= 0.6 is 0 Å². The molecule has 106 valence electrons. The molecule has 0 aromatic heterocycles. The van der Waals surface area contributed by atoms with Crippen molar-refractivity contribution in [1.29, 1.82) is 0 Å². The van der Waals surface area contributed by atoms with Gasteiger partial charge in [0.25, 0.3) is 0 Å². The first kappa shape index (κ1) is 12.3. The van der Waals surface area contributed by atoms with E-state index in [1.54, 1.807) is 0 Å². The van der Waals surface area contributed by atoms with Crippen molar-refractivity contribution < 1.29 is 19.7 Å². The van der Waals surface area contributed by atoms with Gasteiger partial charge in [-0.2, -0.15) is 0 Å². The second kappa shape index (κ2) is 3.07. The van der Waals surface area contributed by atoms with Gasteiger partial charge in [-0.25, -0.2) is 0 Å². The smallest absolute Gasteiger partial charge is 0.142 e. The number of hydrogen-bond acceptors (Lipinski definition) is 4. The summed E-state index contributed by atoms with van der Waals surface area (Å²) in [6.07, 6.45) is 0.360. The normalized spacial score (nSPS) is 66.6. The van der Waals surface area contributed by atoms with Crippen molar-refractivity contribution in [1.82, 2.24) is 0 Å². The average Bonchev–Trinajstić information content (AvgIpc) is 2.72. The number of Topliss-reactive ketones (excluding diaryl/α,β-unsaturated/α-hetero) is 1. The van der Waals surface area contributed by atoms with Crippen molar-refractivity contribution in [3.8, 4) is 0 Å². The van der Waals surface area contributed by atoms with E-state index in [9.17, 15) is 15.0 Å². The summed E-state index contributed by atoms with van der Waals surface area (Å²) < 4.78 is 6.08. The monoisotopic (exact) mass is 266 g/mol. The largest absolute Gasteiger partial charge is 0.393 e. The molecule has 3 aliphatic carbocycles. The molecule has 1 aliphatic heterocycles. The first-order chi connectivity index (χ1) is 8.78. The summed E-state index contributed by atoms with van der Waals surface area (Å²) in [6, 6.07) is 0. The van der Waals surface area contributed by atoms with E-state index in [4.69, 9.17) is 4.74 Å². The summed E-state index contributed by atoms with van der Waals surface area (Å²) in [7, 11) is 0. The van der Waals surface area contributed by atoms with Crippen LogP contribution in [0.1, 0.15) is 33.6 Å². The van der Waals surface area contributed by atoms with E-state index >= 15 is 0 Å². The Balaban J connectivity index is 1.89. The third-order valence-corrected chi connectivity index (χ3v) is 6.90. The predicted octanol–water partition coefficient (Wildman–Crippen LogP) is 0.748. The van der Waals surface area contributed by atoms with Crippen LogP contribution in [0.3, 0.4) is 0 Å². The van der Waals surface area contributed by atoms with Gasteiger partial charge in [-0.15, -0.1) is 0 Å². The Morgan fingerprint density at radius 2 is 1.95 bits per heavy atom. The highest BCUT2D eigenvalue weighted by atomic mass is 16.5. The molecule has 4 aliphatic rings. The highest BCUT2D eigenvalue weighted by molar-refractivity contribution is 5.87. The molecule has 1 saturated heterocycles. The quantitative estimate of drug-likeness (QED) is 0.679. The first-order valence-electron chi connectivity index (χ1n) is 7.32. The van der Waals surface area contributed by atoms with Crippen LogP contribution in [0.4, 0.5) is 0 Å². The highest BCUT2D eigenvalue weighted by Crippen LogP contribution is 2.73. The molecule has 0 radical (unpaired) electrons. The standard InChI is InChI=1S/C15H22O4/c1-7-10-9(16)5-14(10,3)15-8(11(7)17)4-13(2,6-19-15)12(15)18/h7-10,12,16,18H,4-6H2,1-3H3. The molecular weight excluding hydrogens is 244 g/mol. The van der Waals surface area contributed by atoms with Crippen molar-refractivity contribution >= 4 is 5.78 Å². The molecule has 1 heterocycles. The first-order valence-corrected chi connectivity index (χ1v) is 7.32. The molecule has 2 bridgehead atoms. The third kappa shape index (κ3) is 0.988. The Labute approximate surface area is 113 Å². The maximum absolute atomic E-state index is 12.7. The second-order valence-electron chi connectivity index (χ2n) is 7.80. The summed E-state index contributed by atoms with van der Waals surface area (Å²) in [5, 5.41) is 20.9. The predicted molar refractivity (Wildman–Crippen MR) is 67.3 cm³/mol. The molecule has 3 saturated carbocycles. The lowest BCUT2D eigenvalue weighted by molar-refractivity contribution is -0.277. The van der Waals surface area contributed by atoms with Gasteiger partial charge in [0.2, 0.25) is 0 Å². The molecule has 0 aromatic carbocycles. The molecular formula is C15H22O4. The number of hydrogen-bond donors (Lipinski definition) is 2. The molecule has 4 rings (SSSR count). The zero-order chi connectivity index (χ0) is 13.8. The molecule has 1 spiro atoms. The van der Waals surface area contributed by atoms with Crippen molar-refractivity contribution in [3.63, 3.8) is 0 Å². The fourth-order valence-corrected chi connectivity index (χ4v) is 5.99. The fourth-order valence-electron chi connectivity index (χ4n) is 5.99. The number of ketones is 1. The van der Waals surface area contributed by atoms with Crippen LogP contribution < -0.4 is 0 Å². The van der Waals surface area contributed by atoms with E-state index in [-0.39, 0.29) is 34.4 Å². The lowest BCUT2D eigenvalue weighted by Crippen LogP contribution is -2.74. The molecule has 4 heteroatoms. The molecule has 0 amide bonds. The van der Waals surface area contributed by atoms with Crippen LogP contribution in [-0.2, 0) is 9.53 Å². The van der Waals surface area contributed by atoms with Gasteiger partial charge in [-0.1, -0.05) is 20.8 Å². The van der Waals surface area contributed by atoms with E-state index in [0.717, 1.165) is 6.42 Å². The Morgan fingerprint density at radius 3 is 2.53 bits per heavy atom. The van der Waals surface area contributed by atoms with Crippen LogP contribution in [0, 0.1) is 28.6 Å². The van der Waals surface area contributed by atoms with Crippen LogP contribution in [0.5, 0.6) is 0 Å². The van der Waals surface area contributed by atoms with Crippen molar-refractivity contribution in [2.75, 3.05) is 6.61 Å². The molecule has 8 unspecified atom stereocenters. The number of aliphatic hydroxyl groups excluding tert-OH is 2. The molecule has 0 aromatic rings. The minimum absolute atomic E-state index is 0.0636. The topological polar surface area (TPSA) is 66.8 Å². The zero-order valence-corrected chi connectivity index (χ0v) is 11.7. The van der Waals surface area contributed by atoms with E-state index in [1.165, 1.54) is 0 Å². The molecule has 2 N–H and O–H groups in total. The number of rotatable bonds is 0. The van der Waals surface area contributed by atoms with E-state index in [0.29, 0.717) is 13.0 Å². The van der Waals surface area contributed by atoms with Crippen molar-refractivity contribution in [3.05, 3.63) is 0 Å². The van der Waals surface area contributed by atoms with Gasteiger partial charge in [0.05, 0.1) is 24.7 Å². The number of fused-ring (bicyclic) bond motifs is 2. The maximum Gasteiger partial charge on any atom is 0.142 e. The van der Waals surface area contributed by atoms with Gasteiger partial charge in [0.15, 0.2) is 0 Å². The summed E-state index contributed by atoms with van der Waals surface area (Å²) in [5.41, 5.74) is -1.30. The Kier molecular flexibility index (Phi) is 1.99. The van der Waals surface area contributed by atoms with Gasteiger partial charge in [0.1, 0.15) is 11.4 Å². The van der Waals surface area contributed by atoms with E-state index in [1.807, 2.05) is 13.8 Å². The average molecular weight is 266 g/mol. The molecule has 8 atom stereocenters. The van der Waals surface area contributed by atoms with Crippen LogP contribution in [0.25, 0.3) is 0 Å². The van der Waals surface area contributed by atoms with Crippen LogP contribution in [0.15, 0.2) is 0 Å². The minimum Gasteiger partial charge on any atom is -0.393 e. The zero-order valence-electron chi connectivity index (χ0n) is 11.7. The number of aliphatic hydroxyl groups is 2. The van der Waals surface area contributed by atoms with Gasteiger partial charge in [0, 0.05) is 22.7 Å². The van der Waals surface area contributed by atoms with Gasteiger partial charge in [-0.05, 0) is 12.8 Å². The Morgan fingerprint density at radius 1 is 1.26 bits per heavy atom.